The van der Waals surface area contributed by atoms with Gasteiger partial charge in [-0.15, -0.1) is 0 Å². The van der Waals surface area contributed by atoms with Crippen LogP contribution in [-0.2, 0) is 0 Å². The number of carbonyl (C=O) groups is 1. The summed E-state index contributed by atoms with van der Waals surface area (Å²) in [7, 11) is 0. The van der Waals surface area contributed by atoms with Gasteiger partial charge in [-0.2, -0.15) is 0 Å². The first-order valence-electron chi connectivity index (χ1n) is 9.80. The molecule has 156 valence electrons. The summed E-state index contributed by atoms with van der Waals surface area (Å²) in [5.41, 5.74) is 1.06. The Labute approximate surface area is 177 Å². The summed E-state index contributed by atoms with van der Waals surface area (Å²) in [6, 6.07) is 17.7. The predicted octanol–water partition coefficient (Wildman–Crippen LogP) is 4.48. The molecule has 0 spiro atoms. The Morgan fingerprint density at radius 3 is 2.58 bits per heavy atom. The van der Waals surface area contributed by atoms with Crippen LogP contribution in [0.25, 0.3) is 16.6 Å². The van der Waals surface area contributed by atoms with Crippen LogP contribution in [0.5, 0.6) is 5.75 Å². The zero-order valence-electron chi connectivity index (χ0n) is 17.1. The summed E-state index contributed by atoms with van der Waals surface area (Å²) in [6.45, 7) is 4.09. The number of hydrogen-bond acceptors (Lipinski definition) is 4. The number of carbonyl (C=O) groups excluding carboxylic acids is 1. The Hall–Kier alpha value is -4.00. The SMILES string of the molecule is CCOc1ccc(C(=O)Nc2cc(-n3c(C)nc4ccccc4c3=O)ccc2F)cc1. The Morgan fingerprint density at radius 1 is 1.10 bits per heavy atom. The molecule has 0 saturated heterocycles. The van der Waals surface area contributed by atoms with Gasteiger partial charge in [-0.05, 0) is 68.4 Å². The average molecular weight is 417 g/mol. The van der Waals surface area contributed by atoms with E-state index in [9.17, 15) is 14.0 Å². The van der Waals surface area contributed by atoms with E-state index < -0.39 is 11.7 Å². The summed E-state index contributed by atoms with van der Waals surface area (Å²) < 4.78 is 21.2. The number of aromatic nitrogens is 2. The quantitative estimate of drug-likeness (QED) is 0.520. The van der Waals surface area contributed by atoms with Gasteiger partial charge in [0.05, 0.1) is 28.9 Å². The number of benzene rings is 3. The second-order valence-electron chi connectivity index (χ2n) is 6.89. The number of aryl methyl sites for hydroxylation is 1. The van der Waals surface area contributed by atoms with Crippen LogP contribution in [-0.4, -0.2) is 22.1 Å². The van der Waals surface area contributed by atoms with E-state index >= 15 is 0 Å². The molecule has 0 fully saturated rings. The van der Waals surface area contributed by atoms with Crippen LogP contribution in [0.4, 0.5) is 10.1 Å². The van der Waals surface area contributed by atoms with Crippen LogP contribution in [0.3, 0.4) is 0 Å². The van der Waals surface area contributed by atoms with Gasteiger partial charge in [-0.1, -0.05) is 12.1 Å². The fraction of sp³-hybridized carbons (Fsp3) is 0.125. The standard InChI is InChI=1S/C24H20FN3O3/c1-3-31-18-11-8-16(9-12-18)23(29)27-22-14-17(10-13-20(22)25)28-15(2)26-21-7-5-4-6-19(21)24(28)30/h4-14H,3H2,1-2H3,(H,27,29). The van der Waals surface area contributed by atoms with Gasteiger partial charge in [0.15, 0.2) is 0 Å². The highest BCUT2D eigenvalue weighted by molar-refractivity contribution is 6.04. The summed E-state index contributed by atoms with van der Waals surface area (Å²) in [6.07, 6.45) is 0. The lowest BCUT2D eigenvalue weighted by Crippen LogP contribution is -2.22. The fourth-order valence-electron chi connectivity index (χ4n) is 3.36. The van der Waals surface area contributed by atoms with Crippen molar-refractivity contribution in [2.24, 2.45) is 0 Å². The van der Waals surface area contributed by atoms with Gasteiger partial charge in [0, 0.05) is 5.56 Å². The average Bonchev–Trinajstić information content (AvgIpc) is 2.76. The normalized spacial score (nSPS) is 10.8. The minimum absolute atomic E-state index is 0.0316. The molecule has 3 aromatic carbocycles. The molecule has 0 atom stereocenters. The van der Waals surface area contributed by atoms with Crippen molar-refractivity contribution in [1.82, 2.24) is 9.55 Å². The molecule has 1 aromatic heterocycles. The van der Waals surface area contributed by atoms with Gasteiger partial charge in [0.2, 0.25) is 0 Å². The van der Waals surface area contributed by atoms with Gasteiger partial charge >= 0.3 is 0 Å². The zero-order valence-corrected chi connectivity index (χ0v) is 17.1. The molecular weight excluding hydrogens is 397 g/mol. The molecule has 4 aromatic rings. The fourth-order valence-corrected chi connectivity index (χ4v) is 3.36. The minimum Gasteiger partial charge on any atom is -0.494 e. The second kappa shape index (κ2) is 8.39. The highest BCUT2D eigenvalue weighted by Crippen LogP contribution is 2.21. The smallest absolute Gasteiger partial charge is 0.265 e. The lowest BCUT2D eigenvalue weighted by molar-refractivity contribution is 0.102. The van der Waals surface area contributed by atoms with Gasteiger partial charge in [0.1, 0.15) is 17.4 Å². The van der Waals surface area contributed by atoms with Crippen molar-refractivity contribution in [3.05, 3.63) is 94.3 Å². The second-order valence-corrected chi connectivity index (χ2v) is 6.89. The molecule has 31 heavy (non-hydrogen) atoms. The molecule has 0 saturated carbocycles. The van der Waals surface area contributed by atoms with Gasteiger partial charge < -0.3 is 10.1 Å². The Kier molecular flexibility index (Phi) is 5.49. The number of amides is 1. The minimum atomic E-state index is -0.609. The summed E-state index contributed by atoms with van der Waals surface area (Å²) in [5.74, 6) is 0.0206. The van der Waals surface area contributed by atoms with E-state index in [0.29, 0.717) is 40.3 Å². The molecule has 1 N–H and O–H groups in total. The number of anilines is 1. The third kappa shape index (κ3) is 4.02. The maximum Gasteiger partial charge on any atom is 0.265 e. The van der Waals surface area contributed by atoms with Crippen molar-refractivity contribution in [1.29, 1.82) is 0 Å². The molecule has 7 heteroatoms. The van der Waals surface area contributed by atoms with Crippen molar-refractivity contribution in [3.8, 4) is 11.4 Å². The van der Waals surface area contributed by atoms with Crippen molar-refractivity contribution in [2.75, 3.05) is 11.9 Å². The Bertz CT molecular complexity index is 1330. The number of hydrogen-bond donors (Lipinski definition) is 1. The van der Waals surface area contributed by atoms with Crippen LogP contribution < -0.4 is 15.6 Å². The Balaban J connectivity index is 1.69. The van der Waals surface area contributed by atoms with Gasteiger partial charge in [-0.3, -0.25) is 14.2 Å². The summed E-state index contributed by atoms with van der Waals surface area (Å²) in [5, 5.41) is 3.03. The number of para-hydroxylation sites is 1. The number of rotatable bonds is 5. The van der Waals surface area contributed by atoms with Gasteiger partial charge in [-0.25, -0.2) is 9.37 Å². The zero-order chi connectivity index (χ0) is 22.0. The van der Waals surface area contributed by atoms with Crippen LogP contribution in [0, 0.1) is 12.7 Å². The molecular formula is C24H20FN3O3. The van der Waals surface area contributed by atoms with Crippen molar-refractivity contribution >= 4 is 22.5 Å². The van der Waals surface area contributed by atoms with E-state index in [1.54, 1.807) is 49.4 Å². The van der Waals surface area contributed by atoms with Crippen molar-refractivity contribution < 1.29 is 13.9 Å². The molecule has 4 rings (SSSR count). The third-order valence-corrected chi connectivity index (χ3v) is 4.83. The van der Waals surface area contributed by atoms with Crippen molar-refractivity contribution in [2.45, 2.75) is 13.8 Å². The molecule has 1 amide bonds. The van der Waals surface area contributed by atoms with Crippen molar-refractivity contribution in [3.63, 3.8) is 0 Å². The molecule has 0 aliphatic heterocycles. The molecule has 0 unspecified atom stereocenters. The molecule has 0 aliphatic rings. The largest absolute Gasteiger partial charge is 0.494 e. The number of nitrogens with one attached hydrogen (secondary N) is 1. The van der Waals surface area contributed by atoms with E-state index in [1.165, 1.54) is 22.8 Å². The van der Waals surface area contributed by atoms with Crippen LogP contribution >= 0.6 is 0 Å². The maximum absolute atomic E-state index is 14.4. The maximum atomic E-state index is 14.4. The lowest BCUT2D eigenvalue weighted by Gasteiger charge is -2.13. The monoisotopic (exact) mass is 417 g/mol. The first kappa shape index (κ1) is 20.3. The van der Waals surface area contributed by atoms with Crippen LogP contribution in [0.2, 0.25) is 0 Å². The van der Waals surface area contributed by atoms with E-state index in [0.717, 1.165) is 0 Å². The topological polar surface area (TPSA) is 73.2 Å². The van der Waals surface area contributed by atoms with E-state index in [4.69, 9.17) is 4.74 Å². The Morgan fingerprint density at radius 2 is 1.84 bits per heavy atom. The predicted molar refractivity (Wildman–Crippen MR) is 118 cm³/mol. The lowest BCUT2D eigenvalue weighted by atomic mass is 10.2. The van der Waals surface area contributed by atoms with Crippen LogP contribution in [0.1, 0.15) is 23.1 Å². The number of ether oxygens (including phenoxy) is 1. The summed E-state index contributed by atoms with van der Waals surface area (Å²) >= 11 is 0. The van der Waals surface area contributed by atoms with Crippen LogP contribution in [0.15, 0.2) is 71.5 Å². The molecule has 6 nitrogen and oxygen atoms in total. The first-order chi connectivity index (χ1) is 15.0. The highest BCUT2D eigenvalue weighted by Gasteiger charge is 2.14. The highest BCUT2D eigenvalue weighted by atomic mass is 19.1. The van der Waals surface area contributed by atoms with E-state index in [1.807, 2.05) is 13.0 Å². The van der Waals surface area contributed by atoms with E-state index in [2.05, 4.69) is 10.3 Å². The first-order valence-corrected chi connectivity index (χ1v) is 9.80. The molecule has 0 aliphatic carbocycles. The summed E-state index contributed by atoms with van der Waals surface area (Å²) in [4.78, 5) is 30.1. The third-order valence-electron chi connectivity index (χ3n) is 4.83. The van der Waals surface area contributed by atoms with Gasteiger partial charge in [0.25, 0.3) is 11.5 Å². The number of fused-ring (bicyclic) bond motifs is 1. The molecule has 0 bridgehead atoms. The van der Waals surface area contributed by atoms with E-state index in [-0.39, 0.29) is 11.2 Å². The molecule has 1 heterocycles. The number of halogens is 1. The number of nitrogens with zero attached hydrogens (tertiary/aromatic N) is 2. The molecule has 0 radical (unpaired) electrons.